The topological polar surface area (TPSA) is 109 Å². The molecular weight excluding hydrogens is 328 g/mol. The molecule has 0 aliphatic heterocycles. The predicted octanol–water partition coefficient (Wildman–Crippen LogP) is 2.13. The molecule has 2 aromatic carbocycles. The summed E-state index contributed by atoms with van der Waals surface area (Å²) in [4.78, 5) is 0. The van der Waals surface area contributed by atoms with Crippen molar-refractivity contribution in [3.05, 3.63) is 59.7 Å². The van der Waals surface area contributed by atoms with Gasteiger partial charge in [0.25, 0.3) is 20.2 Å². The Morgan fingerprint density at radius 3 is 1.27 bits per heavy atom. The van der Waals surface area contributed by atoms with Crippen LogP contribution in [0.3, 0.4) is 0 Å². The van der Waals surface area contributed by atoms with Crippen molar-refractivity contribution in [2.24, 2.45) is 0 Å². The highest BCUT2D eigenvalue weighted by Gasteiger charge is 2.16. The largest absolute Gasteiger partial charge is 0.285 e. The maximum Gasteiger partial charge on any atom is 0.269 e. The molecule has 0 fully saturated rings. The van der Waals surface area contributed by atoms with Gasteiger partial charge in [-0.05, 0) is 22.3 Å². The van der Waals surface area contributed by atoms with Crippen molar-refractivity contribution < 1.29 is 25.9 Å². The summed E-state index contributed by atoms with van der Waals surface area (Å²) in [7, 11) is -8.45. The minimum atomic E-state index is -4.22. The Bertz CT molecular complexity index is 810. The average Bonchev–Trinajstić information content (AvgIpc) is 2.36. The van der Waals surface area contributed by atoms with Gasteiger partial charge in [-0.2, -0.15) is 16.8 Å². The summed E-state index contributed by atoms with van der Waals surface area (Å²) in [6.45, 7) is 0. The van der Waals surface area contributed by atoms with Crippen LogP contribution in [0, 0.1) is 0 Å². The van der Waals surface area contributed by atoms with Gasteiger partial charge in [-0.25, -0.2) is 0 Å². The Hall–Kier alpha value is -1.74. The standard InChI is InChI=1S/C14H14O6S2/c15-21(16,17)9-11-5-1-3-7-13(11)14-8-4-2-6-12(14)10-22(18,19)20/h1-8H,9-10H2,(H,15,16,17)(H,18,19,20). The van der Waals surface area contributed by atoms with Crippen LogP contribution in [0.5, 0.6) is 0 Å². The molecule has 0 aliphatic carbocycles. The molecule has 0 spiro atoms. The molecule has 0 amide bonds. The first-order chi connectivity index (χ1) is 10.2. The lowest BCUT2D eigenvalue weighted by molar-refractivity contribution is 0.479. The molecule has 2 N–H and O–H groups in total. The van der Waals surface area contributed by atoms with Gasteiger partial charge in [0, 0.05) is 0 Å². The number of rotatable bonds is 5. The third kappa shape index (κ3) is 4.63. The van der Waals surface area contributed by atoms with E-state index in [9.17, 15) is 16.8 Å². The second-order valence-corrected chi connectivity index (χ2v) is 7.67. The molecule has 2 rings (SSSR count). The lowest BCUT2D eigenvalue weighted by Gasteiger charge is -2.12. The van der Waals surface area contributed by atoms with Crippen LogP contribution in [-0.4, -0.2) is 25.9 Å². The Balaban J connectivity index is 2.58. The van der Waals surface area contributed by atoms with E-state index in [0.29, 0.717) is 22.3 Å². The van der Waals surface area contributed by atoms with Crippen LogP contribution in [-0.2, 0) is 31.7 Å². The van der Waals surface area contributed by atoms with Crippen molar-refractivity contribution in [2.75, 3.05) is 0 Å². The van der Waals surface area contributed by atoms with Crippen molar-refractivity contribution in [1.82, 2.24) is 0 Å². The van der Waals surface area contributed by atoms with Gasteiger partial charge < -0.3 is 0 Å². The van der Waals surface area contributed by atoms with Crippen molar-refractivity contribution in [3.63, 3.8) is 0 Å². The van der Waals surface area contributed by atoms with Crippen LogP contribution in [0.15, 0.2) is 48.5 Å². The minimum absolute atomic E-state index is 0.341. The smallest absolute Gasteiger partial charge is 0.269 e. The third-order valence-electron chi connectivity index (χ3n) is 3.00. The second-order valence-electron chi connectivity index (χ2n) is 4.77. The SMILES string of the molecule is O=S(=O)(O)Cc1ccccc1-c1ccccc1CS(=O)(=O)O. The lowest BCUT2D eigenvalue weighted by Crippen LogP contribution is -2.06. The van der Waals surface area contributed by atoms with E-state index in [-0.39, 0.29) is 0 Å². The van der Waals surface area contributed by atoms with E-state index < -0.39 is 31.7 Å². The summed E-state index contributed by atoms with van der Waals surface area (Å²) in [5.74, 6) is -1.16. The first-order valence-electron chi connectivity index (χ1n) is 6.22. The molecule has 0 heterocycles. The highest BCUT2D eigenvalue weighted by molar-refractivity contribution is 7.85. The molecule has 0 radical (unpaired) electrons. The normalized spacial score (nSPS) is 12.3. The van der Waals surface area contributed by atoms with E-state index in [4.69, 9.17) is 9.11 Å². The molecule has 2 aromatic rings. The Kier molecular flexibility index (Phi) is 4.66. The first-order valence-corrected chi connectivity index (χ1v) is 9.44. The van der Waals surface area contributed by atoms with Crippen molar-refractivity contribution in [1.29, 1.82) is 0 Å². The lowest BCUT2D eigenvalue weighted by atomic mass is 9.97. The van der Waals surface area contributed by atoms with Crippen molar-refractivity contribution in [2.45, 2.75) is 11.5 Å². The summed E-state index contributed by atoms with van der Waals surface area (Å²) in [6, 6.07) is 12.9. The minimum Gasteiger partial charge on any atom is -0.285 e. The summed E-state index contributed by atoms with van der Waals surface area (Å²) in [6.07, 6.45) is 0. The van der Waals surface area contributed by atoms with E-state index >= 15 is 0 Å². The molecule has 0 bridgehead atoms. The van der Waals surface area contributed by atoms with Gasteiger partial charge in [0.1, 0.15) is 11.5 Å². The highest BCUT2D eigenvalue weighted by Crippen LogP contribution is 2.29. The fourth-order valence-corrected chi connectivity index (χ4v) is 3.50. The molecule has 0 unspecified atom stereocenters. The predicted molar refractivity (Wildman–Crippen MR) is 82.4 cm³/mol. The van der Waals surface area contributed by atoms with Gasteiger partial charge in [0.05, 0.1) is 0 Å². The van der Waals surface area contributed by atoms with Crippen LogP contribution < -0.4 is 0 Å². The van der Waals surface area contributed by atoms with Crippen LogP contribution in [0.4, 0.5) is 0 Å². The fourth-order valence-electron chi connectivity index (χ4n) is 2.21. The summed E-state index contributed by atoms with van der Waals surface area (Å²) >= 11 is 0. The molecule has 0 aromatic heterocycles. The molecule has 0 saturated carbocycles. The molecule has 0 aliphatic rings. The van der Waals surface area contributed by atoms with E-state index in [1.807, 2.05) is 0 Å². The molecule has 6 nitrogen and oxygen atoms in total. The third-order valence-corrected chi connectivity index (χ3v) is 4.35. The molecule has 22 heavy (non-hydrogen) atoms. The molecule has 0 saturated heterocycles. The van der Waals surface area contributed by atoms with Gasteiger partial charge in [-0.1, -0.05) is 48.5 Å². The summed E-state index contributed by atoms with van der Waals surface area (Å²) in [5.41, 5.74) is 1.65. The van der Waals surface area contributed by atoms with Crippen molar-refractivity contribution >= 4 is 20.2 Å². The Labute approximate surface area is 128 Å². The van der Waals surface area contributed by atoms with Crippen LogP contribution in [0.2, 0.25) is 0 Å². The highest BCUT2D eigenvalue weighted by atomic mass is 32.2. The number of benzene rings is 2. The summed E-state index contributed by atoms with van der Waals surface area (Å²) < 4.78 is 62.5. The Morgan fingerprint density at radius 2 is 0.955 bits per heavy atom. The van der Waals surface area contributed by atoms with E-state index in [1.54, 1.807) is 36.4 Å². The maximum absolute atomic E-state index is 11.1. The zero-order valence-corrected chi connectivity index (χ0v) is 13.0. The van der Waals surface area contributed by atoms with Crippen molar-refractivity contribution in [3.8, 4) is 11.1 Å². The van der Waals surface area contributed by atoms with Gasteiger partial charge in [0.15, 0.2) is 0 Å². The van der Waals surface area contributed by atoms with Gasteiger partial charge in [-0.3, -0.25) is 9.11 Å². The van der Waals surface area contributed by atoms with Gasteiger partial charge in [0.2, 0.25) is 0 Å². The van der Waals surface area contributed by atoms with Crippen LogP contribution in [0.25, 0.3) is 11.1 Å². The monoisotopic (exact) mass is 342 g/mol. The van der Waals surface area contributed by atoms with E-state index in [1.165, 1.54) is 12.1 Å². The zero-order chi connectivity index (χ0) is 16.4. The zero-order valence-electron chi connectivity index (χ0n) is 11.4. The van der Waals surface area contributed by atoms with Gasteiger partial charge in [-0.15, -0.1) is 0 Å². The fraction of sp³-hybridized carbons (Fsp3) is 0.143. The van der Waals surface area contributed by atoms with E-state index in [2.05, 4.69) is 0 Å². The molecule has 8 heteroatoms. The molecule has 118 valence electrons. The van der Waals surface area contributed by atoms with E-state index in [0.717, 1.165) is 0 Å². The average molecular weight is 342 g/mol. The second kappa shape index (κ2) is 6.17. The number of hydrogen-bond donors (Lipinski definition) is 2. The number of hydrogen-bond acceptors (Lipinski definition) is 4. The summed E-state index contributed by atoms with van der Waals surface area (Å²) in [5, 5.41) is 0. The quantitative estimate of drug-likeness (QED) is 0.806. The maximum atomic E-state index is 11.1. The Morgan fingerprint density at radius 1 is 0.636 bits per heavy atom. The molecule has 0 atom stereocenters. The first kappa shape index (κ1) is 16.6. The van der Waals surface area contributed by atoms with Gasteiger partial charge >= 0.3 is 0 Å². The van der Waals surface area contributed by atoms with Crippen LogP contribution >= 0.6 is 0 Å². The molecular formula is C14H14O6S2. The van der Waals surface area contributed by atoms with Crippen LogP contribution in [0.1, 0.15) is 11.1 Å².